The molecule has 0 amide bonds. The summed E-state index contributed by atoms with van der Waals surface area (Å²) in [7, 11) is 0. The van der Waals surface area contributed by atoms with E-state index < -0.39 is 0 Å². The molecule has 154 valence electrons. The number of aromatic nitrogens is 5. The van der Waals surface area contributed by atoms with Crippen molar-refractivity contribution in [3.63, 3.8) is 0 Å². The number of benzene rings is 1. The average molecular weight is 409 g/mol. The highest BCUT2D eigenvalue weighted by molar-refractivity contribution is 5.74. The molecular formula is C20H20FN7O2. The molecule has 0 unspecified atom stereocenters. The highest BCUT2D eigenvalue weighted by Gasteiger charge is 2.21. The van der Waals surface area contributed by atoms with Crippen LogP contribution in [0.2, 0.25) is 0 Å². The molecule has 0 saturated carbocycles. The predicted molar refractivity (Wildman–Crippen MR) is 108 cm³/mol. The molecule has 1 aliphatic heterocycles. The minimum Gasteiger partial charge on any atom is -0.423 e. The Bertz CT molecular complexity index is 1210. The summed E-state index contributed by atoms with van der Waals surface area (Å²) in [5, 5.41) is 8.56. The number of piperazine rings is 1. The third kappa shape index (κ3) is 3.69. The number of rotatable bonds is 5. The van der Waals surface area contributed by atoms with E-state index in [0.29, 0.717) is 36.0 Å². The molecule has 9 nitrogen and oxygen atoms in total. The molecule has 1 aromatic carbocycles. The monoisotopic (exact) mass is 409 g/mol. The van der Waals surface area contributed by atoms with Crippen LogP contribution in [-0.2, 0) is 6.54 Å². The fraction of sp³-hybridized carbons (Fsp3) is 0.300. The molecule has 0 bridgehead atoms. The van der Waals surface area contributed by atoms with Gasteiger partial charge in [-0.1, -0.05) is 0 Å². The molecule has 4 heterocycles. The first-order chi connectivity index (χ1) is 14.7. The molecule has 3 aromatic heterocycles. The van der Waals surface area contributed by atoms with Crippen LogP contribution in [0.5, 0.6) is 0 Å². The van der Waals surface area contributed by atoms with E-state index in [9.17, 15) is 9.18 Å². The van der Waals surface area contributed by atoms with Crippen molar-refractivity contribution >= 4 is 17.1 Å². The summed E-state index contributed by atoms with van der Waals surface area (Å²) in [6.45, 7) is 4.30. The summed E-state index contributed by atoms with van der Waals surface area (Å²) in [5.74, 6) is 0.282. The molecule has 0 spiro atoms. The zero-order valence-corrected chi connectivity index (χ0v) is 16.2. The lowest BCUT2D eigenvalue weighted by molar-refractivity contribution is 0.239. The number of hydrogen-bond donors (Lipinski definition) is 0. The lowest BCUT2D eigenvalue weighted by Gasteiger charge is -2.33. The van der Waals surface area contributed by atoms with Crippen molar-refractivity contribution in [3.8, 4) is 5.82 Å². The van der Waals surface area contributed by atoms with Crippen LogP contribution in [0.3, 0.4) is 0 Å². The van der Waals surface area contributed by atoms with Crippen molar-refractivity contribution in [3.05, 3.63) is 65.0 Å². The van der Waals surface area contributed by atoms with Crippen LogP contribution >= 0.6 is 0 Å². The molecule has 0 N–H and O–H groups in total. The number of anilines is 1. The van der Waals surface area contributed by atoms with E-state index in [-0.39, 0.29) is 11.4 Å². The van der Waals surface area contributed by atoms with Gasteiger partial charge in [-0.15, -0.1) is 5.10 Å². The Kier molecular flexibility index (Phi) is 4.75. The smallest absolute Gasteiger partial charge is 0.298 e. The van der Waals surface area contributed by atoms with E-state index in [1.54, 1.807) is 29.2 Å². The molecule has 5 rings (SSSR count). The molecule has 0 atom stereocenters. The SMILES string of the molecule is O=c1ccc(-n2cccn2)nn1CCN1CCN(c2nc3cc(F)ccc3o2)CC1. The molecule has 30 heavy (non-hydrogen) atoms. The number of halogens is 1. The van der Waals surface area contributed by atoms with Gasteiger partial charge in [-0.2, -0.15) is 10.1 Å². The van der Waals surface area contributed by atoms with Gasteiger partial charge in [0.1, 0.15) is 11.3 Å². The second-order valence-corrected chi connectivity index (χ2v) is 7.14. The van der Waals surface area contributed by atoms with Crippen LogP contribution < -0.4 is 10.5 Å². The van der Waals surface area contributed by atoms with Gasteiger partial charge in [-0.05, 0) is 24.3 Å². The lowest BCUT2D eigenvalue weighted by Crippen LogP contribution is -2.47. The van der Waals surface area contributed by atoms with Crippen molar-refractivity contribution in [2.45, 2.75) is 6.54 Å². The van der Waals surface area contributed by atoms with Gasteiger partial charge in [-0.3, -0.25) is 9.69 Å². The minimum atomic E-state index is -0.326. The zero-order valence-electron chi connectivity index (χ0n) is 16.2. The maximum absolute atomic E-state index is 13.4. The lowest BCUT2D eigenvalue weighted by atomic mass is 10.3. The van der Waals surface area contributed by atoms with Gasteiger partial charge in [0.25, 0.3) is 11.6 Å². The van der Waals surface area contributed by atoms with E-state index >= 15 is 0 Å². The van der Waals surface area contributed by atoms with Crippen LogP contribution in [0.25, 0.3) is 16.9 Å². The largest absolute Gasteiger partial charge is 0.423 e. The van der Waals surface area contributed by atoms with Crippen molar-refractivity contribution in [1.29, 1.82) is 0 Å². The summed E-state index contributed by atoms with van der Waals surface area (Å²) >= 11 is 0. The second kappa shape index (κ2) is 7.71. The van der Waals surface area contributed by atoms with Crippen LogP contribution in [0.15, 0.2) is 58.0 Å². The Balaban J connectivity index is 1.20. The average Bonchev–Trinajstić information content (AvgIpc) is 3.43. The van der Waals surface area contributed by atoms with E-state index in [2.05, 4.69) is 25.0 Å². The summed E-state index contributed by atoms with van der Waals surface area (Å²) < 4.78 is 22.2. The van der Waals surface area contributed by atoms with Gasteiger partial charge < -0.3 is 9.32 Å². The Morgan fingerprint density at radius 2 is 1.93 bits per heavy atom. The maximum Gasteiger partial charge on any atom is 0.298 e. The van der Waals surface area contributed by atoms with Crippen molar-refractivity contribution in [2.24, 2.45) is 0 Å². The summed E-state index contributed by atoms with van der Waals surface area (Å²) in [6.07, 6.45) is 3.46. The maximum atomic E-state index is 13.4. The zero-order chi connectivity index (χ0) is 20.5. The Hall–Kier alpha value is -3.53. The number of nitrogens with zero attached hydrogens (tertiary/aromatic N) is 7. The van der Waals surface area contributed by atoms with Gasteiger partial charge in [0, 0.05) is 57.3 Å². The van der Waals surface area contributed by atoms with Gasteiger partial charge in [-0.25, -0.2) is 13.8 Å². The molecule has 1 fully saturated rings. The standard InChI is InChI=1S/C20H20FN7O2/c21-15-2-3-17-16(14-15)23-20(30-17)26-11-8-25(9-12-26)10-13-28-19(29)5-4-18(24-28)27-7-1-6-22-27/h1-7,14H,8-13H2. The van der Waals surface area contributed by atoms with Crippen molar-refractivity contribution < 1.29 is 8.81 Å². The summed E-state index contributed by atoms with van der Waals surface area (Å²) in [6, 6.07) is 9.84. The first-order valence-corrected chi connectivity index (χ1v) is 9.77. The van der Waals surface area contributed by atoms with Crippen LogP contribution in [-0.4, -0.2) is 62.2 Å². The first-order valence-electron chi connectivity index (χ1n) is 9.77. The van der Waals surface area contributed by atoms with Crippen LogP contribution in [0.4, 0.5) is 10.4 Å². The minimum absolute atomic E-state index is 0.136. The van der Waals surface area contributed by atoms with E-state index in [4.69, 9.17) is 4.42 Å². The van der Waals surface area contributed by atoms with E-state index in [0.717, 1.165) is 26.2 Å². The summed E-state index contributed by atoms with van der Waals surface area (Å²) in [5.41, 5.74) is 0.967. The molecule has 1 aliphatic rings. The molecule has 10 heteroatoms. The van der Waals surface area contributed by atoms with Gasteiger partial charge in [0.15, 0.2) is 11.4 Å². The Morgan fingerprint density at radius 3 is 2.73 bits per heavy atom. The fourth-order valence-corrected chi connectivity index (χ4v) is 3.55. The molecule has 4 aromatic rings. The van der Waals surface area contributed by atoms with Crippen molar-refractivity contribution in [2.75, 3.05) is 37.6 Å². The third-order valence-corrected chi connectivity index (χ3v) is 5.20. The topological polar surface area (TPSA) is 85.2 Å². The van der Waals surface area contributed by atoms with Crippen LogP contribution in [0, 0.1) is 5.82 Å². The third-order valence-electron chi connectivity index (χ3n) is 5.20. The number of oxazole rings is 1. The molecule has 0 radical (unpaired) electrons. The quantitative estimate of drug-likeness (QED) is 0.494. The molecule has 0 aliphatic carbocycles. The summed E-state index contributed by atoms with van der Waals surface area (Å²) in [4.78, 5) is 20.9. The number of fused-ring (bicyclic) bond motifs is 1. The first kappa shape index (κ1) is 18.5. The highest BCUT2D eigenvalue weighted by atomic mass is 19.1. The van der Waals surface area contributed by atoms with Gasteiger partial charge in [0.05, 0.1) is 6.54 Å². The normalized spacial score (nSPS) is 15.2. The highest BCUT2D eigenvalue weighted by Crippen LogP contribution is 2.23. The van der Waals surface area contributed by atoms with Crippen molar-refractivity contribution in [1.82, 2.24) is 29.4 Å². The number of hydrogen-bond acceptors (Lipinski definition) is 7. The second-order valence-electron chi connectivity index (χ2n) is 7.14. The van der Waals surface area contributed by atoms with E-state index in [1.807, 2.05) is 6.07 Å². The fourth-order valence-electron chi connectivity index (χ4n) is 3.55. The van der Waals surface area contributed by atoms with Gasteiger partial charge in [0.2, 0.25) is 0 Å². The van der Waals surface area contributed by atoms with Crippen LogP contribution in [0.1, 0.15) is 0 Å². The molecule has 1 saturated heterocycles. The molecular weight excluding hydrogens is 389 g/mol. The Labute approximate surface area is 170 Å². The predicted octanol–water partition coefficient (Wildman–Crippen LogP) is 1.53. The Morgan fingerprint density at radius 1 is 1.07 bits per heavy atom. The van der Waals surface area contributed by atoms with E-state index in [1.165, 1.54) is 22.9 Å². The van der Waals surface area contributed by atoms with Gasteiger partial charge >= 0.3 is 0 Å².